The lowest BCUT2D eigenvalue weighted by atomic mass is 9.44. The number of thiophene rings is 1. The van der Waals surface area contributed by atoms with Gasteiger partial charge in [-0.15, -0.1) is 11.3 Å². The van der Waals surface area contributed by atoms with Gasteiger partial charge in [-0.2, -0.15) is 0 Å². The summed E-state index contributed by atoms with van der Waals surface area (Å²) in [5.74, 6) is 2.03. The second-order valence-corrected chi connectivity index (χ2v) is 10.7. The Hall–Kier alpha value is 0.180. The maximum atomic E-state index is 4.17. The van der Waals surface area contributed by atoms with Crippen LogP contribution in [0.15, 0.2) is 6.07 Å². The van der Waals surface area contributed by atoms with Crippen molar-refractivity contribution in [1.29, 1.82) is 0 Å². The van der Waals surface area contributed by atoms with Crippen molar-refractivity contribution in [3.63, 3.8) is 0 Å². The van der Waals surface area contributed by atoms with Crippen LogP contribution in [0.2, 0.25) is 0 Å². The average Bonchev–Trinajstić information content (AvgIpc) is 2.64. The fraction of sp³-hybridized carbons (Fsp3) is 0.778. The quantitative estimate of drug-likeness (QED) is 0.539. The zero-order valence-corrected chi connectivity index (χ0v) is 15.2. The molecule has 0 spiro atoms. The van der Waals surface area contributed by atoms with Crippen LogP contribution >= 0.6 is 27.3 Å². The summed E-state index contributed by atoms with van der Waals surface area (Å²) in [5, 5.41) is 0. The Morgan fingerprint density at radius 3 is 2.35 bits per heavy atom. The smallest absolute Gasteiger partial charge is 0.0462 e. The van der Waals surface area contributed by atoms with Gasteiger partial charge in [-0.1, -0.05) is 22.9 Å². The minimum Gasteiger partial charge on any atom is -0.146 e. The zero-order valence-electron chi connectivity index (χ0n) is 12.8. The summed E-state index contributed by atoms with van der Waals surface area (Å²) in [6.07, 6.45) is 8.95. The maximum absolute atomic E-state index is 4.17. The number of hydrogen-bond donors (Lipinski definition) is 0. The number of halogens is 1. The second-order valence-electron chi connectivity index (χ2n) is 8.37. The topological polar surface area (TPSA) is 0 Å². The molecule has 3 atom stereocenters. The van der Waals surface area contributed by atoms with Gasteiger partial charge in [0.2, 0.25) is 0 Å². The molecule has 4 saturated carbocycles. The van der Waals surface area contributed by atoms with Crippen molar-refractivity contribution in [2.24, 2.45) is 22.7 Å². The Morgan fingerprint density at radius 1 is 1.20 bits per heavy atom. The summed E-state index contributed by atoms with van der Waals surface area (Å²) < 4.78 is 0. The van der Waals surface area contributed by atoms with Crippen LogP contribution in [0, 0.1) is 36.5 Å². The van der Waals surface area contributed by atoms with E-state index in [1.165, 1.54) is 48.3 Å². The lowest BCUT2D eigenvalue weighted by Gasteiger charge is -2.63. The Balaban J connectivity index is 1.72. The van der Waals surface area contributed by atoms with Gasteiger partial charge in [-0.05, 0) is 86.7 Å². The van der Waals surface area contributed by atoms with E-state index in [4.69, 9.17) is 0 Å². The maximum Gasteiger partial charge on any atom is 0.0462 e. The largest absolute Gasteiger partial charge is 0.146 e. The van der Waals surface area contributed by atoms with Crippen molar-refractivity contribution in [2.45, 2.75) is 64.1 Å². The zero-order chi connectivity index (χ0) is 14.1. The molecule has 4 fully saturated rings. The third-order valence-electron chi connectivity index (χ3n) is 6.29. The van der Waals surface area contributed by atoms with Crippen molar-refractivity contribution >= 4 is 27.3 Å². The van der Waals surface area contributed by atoms with Crippen LogP contribution in [0.25, 0.3) is 0 Å². The van der Waals surface area contributed by atoms with Crippen LogP contribution in [0.5, 0.6) is 0 Å². The molecule has 5 rings (SSSR count). The van der Waals surface area contributed by atoms with E-state index >= 15 is 0 Å². The van der Waals surface area contributed by atoms with Gasteiger partial charge in [0.15, 0.2) is 0 Å². The SMILES string of the molecule is Cc1cc(C(Br)C23CC4CC(CC(C)(C4)C2)C3)c(C)s1. The third-order valence-corrected chi connectivity index (χ3v) is 8.74. The lowest BCUT2D eigenvalue weighted by Crippen LogP contribution is -2.52. The fourth-order valence-electron chi connectivity index (χ4n) is 6.33. The van der Waals surface area contributed by atoms with Gasteiger partial charge in [-0.3, -0.25) is 0 Å². The molecule has 0 radical (unpaired) electrons. The Morgan fingerprint density at radius 2 is 1.85 bits per heavy atom. The highest BCUT2D eigenvalue weighted by Crippen LogP contribution is 2.70. The monoisotopic (exact) mass is 352 g/mol. The van der Waals surface area contributed by atoms with E-state index in [1.54, 1.807) is 5.56 Å². The summed E-state index contributed by atoms with van der Waals surface area (Å²) in [6, 6.07) is 2.44. The van der Waals surface area contributed by atoms with E-state index < -0.39 is 0 Å². The molecule has 0 amide bonds. The van der Waals surface area contributed by atoms with Crippen LogP contribution in [-0.2, 0) is 0 Å². The predicted molar refractivity (Wildman–Crippen MR) is 90.7 cm³/mol. The van der Waals surface area contributed by atoms with E-state index in [-0.39, 0.29) is 0 Å². The third kappa shape index (κ3) is 1.97. The fourth-order valence-corrected chi connectivity index (χ4v) is 8.45. The average molecular weight is 353 g/mol. The van der Waals surface area contributed by atoms with E-state index in [2.05, 4.69) is 42.8 Å². The first-order valence-electron chi connectivity index (χ1n) is 8.10. The molecule has 1 aromatic rings. The van der Waals surface area contributed by atoms with Crippen molar-refractivity contribution in [3.05, 3.63) is 21.4 Å². The van der Waals surface area contributed by atoms with Crippen molar-refractivity contribution in [2.75, 3.05) is 0 Å². The summed E-state index contributed by atoms with van der Waals surface area (Å²) in [7, 11) is 0. The highest BCUT2D eigenvalue weighted by atomic mass is 79.9. The molecule has 0 N–H and O–H groups in total. The number of aryl methyl sites for hydroxylation is 2. The van der Waals surface area contributed by atoms with Gasteiger partial charge in [-0.25, -0.2) is 0 Å². The normalized spacial score (nSPS) is 44.0. The minimum absolute atomic E-state index is 0.553. The first-order valence-corrected chi connectivity index (χ1v) is 9.83. The van der Waals surface area contributed by atoms with Gasteiger partial charge >= 0.3 is 0 Å². The molecular formula is C18H25BrS. The van der Waals surface area contributed by atoms with Crippen LogP contribution in [0.1, 0.15) is 65.6 Å². The van der Waals surface area contributed by atoms with Gasteiger partial charge in [0, 0.05) is 14.6 Å². The molecule has 4 aliphatic rings. The summed E-state index contributed by atoms with van der Waals surface area (Å²) in [5.41, 5.74) is 2.80. The van der Waals surface area contributed by atoms with Crippen LogP contribution < -0.4 is 0 Å². The van der Waals surface area contributed by atoms with Crippen molar-refractivity contribution in [1.82, 2.24) is 0 Å². The lowest BCUT2D eigenvalue weighted by molar-refractivity contribution is -0.101. The summed E-state index contributed by atoms with van der Waals surface area (Å²) >= 11 is 6.14. The van der Waals surface area contributed by atoms with Crippen molar-refractivity contribution in [3.8, 4) is 0 Å². The van der Waals surface area contributed by atoms with Gasteiger partial charge in [0.1, 0.15) is 0 Å². The molecule has 0 aromatic carbocycles. The first kappa shape index (κ1) is 13.8. The predicted octanol–water partition coefficient (Wildman–Crippen LogP) is 6.41. The second kappa shape index (κ2) is 4.35. The molecular weight excluding hydrogens is 328 g/mol. The summed E-state index contributed by atoms with van der Waals surface area (Å²) in [6.45, 7) is 7.13. The Bertz CT molecular complexity index is 530. The Labute approximate surface area is 135 Å². The number of hydrogen-bond acceptors (Lipinski definition) is 1. The van der Waals surface area contributed by atoms with E-state index in [0.29, 0.717) is 15.7 Å². The molecule has 2 heteroatoms. The number of alkyl halides is 1. The first-order chi connectivity index (χ1) is 9.39. The van der Waals surface area contributed by atoms with E-state index in [9.17, 15) is 0 Å². The molecule has 0 nitrogen and oxygen atoms in total. The highest BCUT2D eigenvalue weighted by Gasteiger charge is 2.58. The van der Waals surface area contributed by atoms with Crippen molar-refractivity contribution < 1.29 is 0 Å². The molecule has 1 heterocycles. The molecule has 4 bridgehead atoms. The molecule has 3 unspecified atom stereocenters. The summed E-state index contributed by atoms with van der Waals surface area (Å²) in [4.78, 5) is 3.59. The van der Waals surface area contributed by atoms with Crippen LogP contribution in [0.3, 0.4) is 0 Å². The molecule has 110 valence electrons. The van der Waals surface area contributed by atoms with Crippen LogP contribution in [0.4, 0.5) is 0 Å². The Kier molecular flexibility index (Phi) is 3.00. The van der Waals surface area contributed by atoms with E-state index in [1.807, 2.05) is 11.3 Å². The molecule has 1 aromatic heterocycles. The van der Waals surface area contributed by atoms with E-state index in [0.717, 1.165) is 11.8 Å². The minimum atomic E-state index is 0.553. The molecule has 0 aliphatic heterocycles. The number of rotatable bonds is 2. The highest BCUT2D eigenvalue weighted by molar-refractivity contribution is 9.09. The van der Waals surface area contributed by atoms with Gasteiger partial charge in [0.25, 0.3) is 0 Å². The molecule has 0 saturated heterocycles. The standard InChI is InChI=1S/C18H25BrS/c1-11-4-15(12(2)20-11)16(19)18-8-13-5-14(9-18)7-17(3,6-13)10-18/h4,13-14,16H,5-10H2,1-3H3. The van der Waals surface area contributed by atoms with Gasteiger partial charge < -0.3 is 0 Å². The van der Waals surface area contributed by atoms with Gasteiger partial charge in [0.05, 0.1) is 0 Å². The van der Waals surface area contributed by atoms with Crippen LogP contribution in [-0.4, -0.2) is 0 Å². The molecule has 20 heavy (non-hydrogen) atoms. The molecule has 4 aliphatic carbocycles.